The smallest absolute Gasteiger partial charge is 0.481 e. The fourth-order valence-electron chi connectivity index (χ4n) is 4.98. The number of carboxylic acid groups (broad SMARTS) is 1. The summed E-state index contributed by atoms with van der Waals surface area (Å²) >= 11 is 0. The molecule has 1 N–H and O–H groups in total. The van der Waals surface area contributed by atoms with Crippen LogP contribution in [0.2, 0.25) is 0 Å². The topological polar surface area (TPSA) is 79.3 Å². The van der Waals surface area contributed by atoms with E-state index in [-0.39, 0.29) is 12.5 Å². The number of ether oxygens (including phenoxy) is 2. The molecule has 0 aliphatic rings. The van der Waals surface area contributed by atoms with E-state index in [4.69, 9.17) is 14.6 Å². The molecule has 0 heterocycles. The molecule has 7 heteroatoms. The Kier molecular flexibility index (Phi) is 25.9. The molecule has 0 saturated carbocycles. The quantitative estimate of drug-likeness (QED) is 0.0767. The van der Waals surface area contributed by atoms with E-state index in [1.165, 1.54) is 44.9 Å². The third kappa shape index (κ3) is 24.2. The first-order chi connectivity index (χ1) is 18.8. The van der Waals surface area contributed by atoms with Gasteiger partial charge in [-0.3, -0.25) is 9.69 Å². The molecule has 0 aromatic carbocycles. The summed E-state index contributed by atoms with van der Waals surface area (Å²) in [7, 11) is 0. The van der Waals surface area contributed by atoms with Crippen LogP contribution in [0.4, 0.5) is 4.79 Å². The lowest BCUT2D eigenvalue weighted by atomic mass is 10.0. The molecule has 7 nitrogen and oxygen atoms in total. The van der Waals surface area contributed by atoms with Crippen molar-refractivity contribution in [3.63, 3.8) is 0 Å². The molecule has 0 fully saturated rings. The summed E-state index contributed by atoms with van der Waals surface area (Å²) in [6, 6.07) is 0.402. The standard InChI is InChI=1S/C32H64N2O5/c1-6-9-10-11-12-13-16-19-22-30(23-20-17-14-15-18-21-24-31(35)36)39-32(37)38-28-27-34(29(4)5)26-25-33(7-2)8-3/h29-30H,6-28H2,1-5H3,(H,35,36). The molecule has 0 aliphatic carbocycles. The maximum Gasteiger partial charge on any atom is 0.508 e. The van der Waals surface area contributed by atoms with E-state index in [9.17, 15) is 9.59 Å². The number of hydrogen-bond acceptors (Lipinski definition) is 6. The van der Waals surface area contributed by atoms with Gasteiger partial charge in [-0.2, -0.15) is 0 Å². The lowest BCUT2D eigenvalue weighted by molar-refractivity contribution is -0.137. The average Bonchev–Trinajstić information content (AvgIpc) is 2.90. The largest absolute Gasteiger partial charge is 0.508 e. The van der Waals surface area contributed by atoms with Crippen LogP contribution in [0.15, 0.2) is 0 Å². The second kappa shape index (κ2) is 26.9. The lowest BCUT2D eigenvalue weighted by Crippen LogP contribution is -2.40. The summed E-state index contributed by atoms with van der Waals surface area (Å²) in [5.74, 6) is -0.709. The van der Waals surface area contributed by atoms with Crippen LogP contribution in [0.25, 0.3) is 0 Å². The molecule has 0 rings (SSSR count). The Balaban J connectivity index is 4.44. The first-order valence-corrected chi connectivity index (χ1v) is 16.3. The molecule has 1 unspecified atom stereocenters. The highest BCUT2D eigenvalue weighted by Gasteiger charge is 2.17. The van der Waals surface area contributed by atoms with Crippen molar-refractivity contribution < 1.29 is 24.2 Å². The van der Waals surface area contributed by atoms with Crippen LogP contribution in [0.5, 0.6) is 0 Å². The van der Waals surface area contributed by atoms with Gasteiger partial charge in [0, 0.05) is 32.1 Å². The van der Waals surface area contributed by atoms with Crippen LogP contribution in [-0.4, -0.2) is 78.5 Å². The van der Waals surface area contributed by atoms with Gasteiger partial charge in [-0.1, -0.05) is 91.4 Å². The third-order valence-corrected chi connectivity index (χ3v) is 7.74. The minimum atomic E-state index is -0.709. The van der Waals surface area contributed by atoms with Gasteiger partial charge in [0.15, 0.2) is 0 Å². The van der Waals surface area contributed by atoms with Crippen LogP contribution in [0.1, 0.15) is 144 Å². The zero-order chi connectivity index (χ0) is 29.1. The molecule has 0 amide bonds. The van der Waals surface area contributed by atoms with E-state index >= 15 is 0 Å². The highest BCUT2D eigenvalue weighted by molar-refractivity contribution is 5.66. The second-order valence-electron chi connectivity index (χ2n) is 11.3. The normalized spacial score (nSPS) is 12.4. The van der Waals surface area contributed by atoms with Crippen LogP contribution >= 0.6 is 0 Å². The molecule has 0 bridgehead atoms. The van der Waals surface area contributed by atoms with E-state index in [0.717, 1.165) is 90.5 Å². The maximum atomic E-state index is 12.5. The van der Waals surface area contributed by atoms with E-state index in [1.54, 1.807) is 0 Å². The molecular weight excluding hydrogens is 492 g/mol. The number of carbonyl (C=O) groups excluding carboxylic acids is 1. The Bertz CT molecular complexity index is 569. The molecule has 39 heavy (non-hydrogen) atoms. The summed E-state index contributed by atoms with van der Waals surface area (Å²) in [5.41, 5.74) is 0. The highest BCUT2D eigenvalue weighted by atomic mass is 16.7. The molecule has 0 aromatic rings. The number of nitrogens with zero attached hydrogens (tertiary/aromatic N) is 2. The molecule has 232 valence electrons. The summed E-state index contributed by atoms with van der Waals surface area (Å²) in [6.07, 6.45) is 17.6. The summed E-state index contributed by atoms with van der Waals surface area (Å²) < 4.78 is 11.3. The number of unbranched alkanes of at least 4 members (excludes halogenated alkanes) is 12. The summed E-state index contributed by atoms with van der Waals surface area (Å²) in [4.78, 5) is 27.9. The van der Waals surface area contributed by atoms with Crippen LogP contribution in [0, 0.1) is 0 Å². The molecule has 0 aromatic heterocycles. The van der Waals surface area contributed by atoms with Gasteiger partial charge in [0.05, 0.1) is 0 Å². The number of hydrogen-bond donors (Lipinski definition) is 1. The number of rotatable bonds is 28. The minimum absolute atomic E-state index is 0.0755. The van der Waals surface area contributed by atoms with Crippen molar-refractivity contribution in [1.29, 1.82) is 0 Å². The zero-order valence-corrected chi connectivity index (χ0v) is 26.4. The Morgan fingerprint density at radius 1 is 0.692 bits per heavy atom. The van der Waals surface area contributed by atoms with Crippen molar-refractivity contribution in [2.45, 2.75) is 156 Å². The molecular formula is C32H64N2O5. The monoisotopic (exact) mass is 556 g/mol. The SMILES string of the molecule is CCCCCCCCCCC(CCCCCCCCC(=O)O)OC(=O)OCCN(CCN(CC)CC)C(C)C. The third-order valence-electron chi connectivity index (χ3n) is 7.74. The van der Waals surface area contributed by atoms with Crippen LogP contribution in [-0.2, 0) is 14.3 Å². The van der Waals surface area contributed by atoms with Crippen molar-refractivity contribution in [2.24, 2.45) is 0 Å². The van der Waals surface area contributed by atoms with E-state index in [2.05, 4.69) is 44.4 Å². The highest BCUT2D eigenvalue weighted by Crippen LogP contribution is 2.18. The fourth-order valence-corrected chi connectivity index (χ4v) is 4.98. The number of likely N-dealkylation sites (N-methyl/N-ethyl adjacent to an activating group) is 1. The Hall–Kier alpha value is -1.34. The molecule has 0 saturated heterocycles. The average molecular weight is 557 g/mol. The number of aliphatic carboxylic acids is 1. The van der Waals surface area contributed by atoms with Gasteiger partial charge in [0.2, 0.25) is 0 Å². The van der Waals surface area contributed by atoms with Crippen molar-refractivity contribution in [3.05, 3.63) is 0 Å². The van der Waals surface area contributed by atoms with Gasteiger partial charge in [0.1, 0.15) is 12.7 Å². The van der Waals surface area contributed by atoms with Gasteiger partial charge in [-0.25, -0.2) is 4.79 Å². The molecule has 0 spiro atoms. The summed E-state index contributed by atoms with van der Waals surface area (Å²) in [5, 5.41) is 8.75. The fraction of sp³-hybridized carbons (Fsp3) is 0.938. The zero-order valence-electron chi connectivity index (χ0n) is 26.4. The van der Waals surface area contributed by atoms with E-state index in [0.29, 0.717) is 12.6 Å². The Labute approximate surface area is 241 Å². The van der Waals surface area contributed by atoms with Gasteiger partial charge < -0.3 is 19.5 Å². The van der Waals surface area contributed by atoms with Gasteiger partial charge in [-0.05, 0) is 59.0 Å². The predicted molar refractivity (Wildman–Crippen MR) is 163 cm³/mol. The number of carboxylic acids is 1. The van der Waals surface area contributed by atoms with Gasteiger partial charge in [0.25, 0.3) is 0 Å². The van der Waals surface area contributed by atoms with Crippen LogP contribution < -0.4 is 0 Å². The Morgan fingerprint density at radius 3 is 1.69 bits per heavy atom. The predicted octanol–water partition coefficient (Wildman–Crippen LogP) is 8.30. The van der Waals surface area contributed by atoms with Crippen molar-refractivity contribution >= 4 is 12.1 Å². The minimum Gasteiger partial charge on any atom is -0.481 e. The van der Waals surface area contributed by atoms with Gasteiger partial charge >= 0.3 is 12.1 Å². The Morgan fingerprint density at radius 2 is 1.21 bits per heavy atom. The number of carbonyl (C=O) groups is 2. The first-order valence-electron chi connectivity index (χ1n) is 16.3. The second-order valence-corrected chi connectivity index (χ2v) is 11.3. The van der Waals surface area contributed by atoms with E-state index < -0.39 is 12.1 Å². The van der Waals surface area contributed by atoms with Crippen molar-refractivity contribution in [3.8, 4) is 0 Å². The van der Waals surface area contributed by atoms with Crippen molar-refractivity contribution in [2.75, 3.05) is 39.3 Å². The van der Waals surface area contributed by atoms with E-state index in [1.807, 2.05) is 0 Å². The summed E-state index contributed by atoms with van der Waals surface area (Å²) in [6.45, 7) is 16.2. The maximum absolute atomic E-state index is 12.5. The molecule has 0 aliphatic heterocycles. The molecule has 1 atom stereocenters. The lowest BCUT2D eigenvalue weighted by Gasteiger charge is -2.29. The molecule has 0 radical (unpaired) electrons. The van der Waals surface area contributed by atoms with Crippen molar-refractivity contribution in [1.82, 2.24) is 9.80 Å². The van der Waals surface area contributed by atoms with Crippen LogP contribution in [0.3, 0.4) is 0 Å². The first kappa shape index (κ1) is 37.7. The van der Waals surface area contributed by atoms with Gasteiger partial charge in [-0.15, -0.1) is 0 Å².